The van der Waals surface area contributed by atoms with Crippen LogP contribution in [0.15, 0.2) is 61.1 Å². The van der Waals surface area contributed by atoms with E-state index in [1.165, 1.54) is 0 Å². The molecule has 0 bridgehead atoms. The molecule has 178 valence electrons. The average Bonchev–Trinajstić information content (AvgIpc) is 3.40. The van der Waals surface area contributed by atoms with Gasteiger partial charge in [0.1, 0.15) is 0 Å². The molecule has 3 heterocycles. The van der Waals surface area contributed by atoms with Crippen LogP contribution in [-0.4, -0.2) is 20.6 Å². The van der Waals surface area contributed by atoms with Crippen molar-refractivity contribution in [2.45, 2.75) is 52.2 Å². The quantitative estimate of drug-likeness (QED) is 0.421. The predicted octanol–water partition coefficient (Wildman–Crippen LogP) is 6.06. The number of anilines is 2. The maximum atomic E-state index is 12.2. The number of carbonyl (C=O) groups excluding carboxylic acids is 1. The summed E-state index contributed by atoms with van der Waals surface area (Å²) in [6, 6.07) is 13.4. The molecule has 1 aromatic carbocycles. The summed E-state index contributed by atoms with van der Waals surface area (Å²) in [5.41, 5.74) is 3.41. The lowest BCUT2D eigenvalue weighted by molar-refractivity contribution is -0.118. The fourth-order valence-corrected chi connectivity index (χ4v) is 4.58. The fourth-order valence-electron chi connectivity index (χ4n) is 4.01. The van der Waals surface area contributed by atoms with Gasteiger partial charge in [-0.05, 0) is 75.0 Å². The maximum Gasteiger partial charge on any atom is 0.226 e. The Morgan fingerprint density at radius 3 is 2.56 bits per heavy atom. The van der Waals surface area contributed by atoms with Gasteiger partial charge in [-0.15, -0.1) is 0 Å². The topological polar surface area (TPSA) is 62.2 Å². The Hall–Kier alpha value is -2.90. The van der Waals surface area contributed by atoms with Gasteiger partial charge in [0.15, 0.2) is 5.11 Å². The summed E-state index contributed by atoms with van der Waals surface area (Å²) in [4.78, 5) is 18.8. The van der Waals surface area contributed by atoms with Crippen LogP contribution in [0.4, 0.5) is 11.4 Å². The zero-order valence-corrected chi connectivity index (χ0v) is 21.6. The van der Waals surface area contributed by atoms with Gasteiger partial charge in [0.05, 0.1) is 28.5 Å². The Bertz CT molecular complexity index is 1200. The lowest BCUT2D eigenvalue weighted by Crippen LogP contribution is -2.29. The third kappa shape index (κ3) is 4.81. The van der Waals surface area contributed by atoms with Crippen LogP contribution in [0.25, 0.3) is 0 Å². The van der Waals surface area contributed by atoms with Crippen LogP contribution in [0.5, 0.6) is 0 Å². The van der Waals surface area contributed by atoms with Crippen molar-refractivity contribution in [2.24, 2.45) is 5.92 Å². The van der Waals surface area contributed by atoms with Crippen LogP contribution in [0, 0.1) is 5.92 Å². The molecule has 0 radical (unpaired) electrons. The van der Waals surface area contributed by atoms with Gasteiger partial charge in [0.25, 0.3) is 0 Å². The molecule has 6 nitrogen and oxygen atoms in total. The zero-order valence-electron chi connectivity index (χ0n) is 20.0. The minimum Gasteiger partial charge on any atom is -0.351 e. The Morgan fingerprint density at radius 2 is 1.97 bits per heavy atom. The number of benzene rings is 1. The van der Waals surface area contributed by atoms with E-state index < -0.39 is 0 Å². The van der Waals surface area contributed by atoms with E-state index in [-0.39, 0.29) is 29.4 Å². The number of thiocarbonyl (C=S) groups is 1. The lowest BCUT2D eigenvalue weighted by atomic mass is 9.98. The van der Waals surface area contributed by atoms with E-state index in [9.17, 15) is 4.79 Å². The molecule has 3 aromatic rings. The highest BCUT2D eigenvalue weighted by Crippen LogP contribution is 2.43. The Morgan fingerprint density at radius 1 is 1.21 bits per heavy atom. The van der Waals surface area contributed by atoms with E-state index in [1.807, 2.05) is 50.2 Å². The largest absolute Gasteiger partial charge is 0.351 e. The minimum atomic E-state index is -0.138. The van der Waals surface area contributed by atoms with Crippen LogP contribution in [-0.2, 0) is 10.3 Å². The SMILES string of the molecule is CC(C)C(=O)Nc1ccc(N2C(=S)N[C@H](c3ccccn3)[C@@H]2c2ccn(C(C)(C)C)c2)cc1Cl. The summed E-state index contributed by atoms with van der Waals surface area (Å²) in [6.45, 7) is 10.2. The second-order valence-electron chi connectivity index (χ2n) is 9.83. The summed E-state index contributed by atoms with van der Waals surface area (Å²) in [5.74, 6) is -0.217. The number of aromatic nitrogens is 2. The van der Waals surface area contributed by atoms with Gasteiger partial charge in [-0.2, -0.15) is 0 Å². The lowest BCUT2D eigenvalue weighted by Gasteiger charge is -2.28. The van der Waals surface area contributed by atoms with Crippen LogP contribution in [0.3, 0.4) is 0 Å². The van der Waals surface area contributed by atoms with Crippen LogP contribution < -0.4 is 15.5 Å². The van der Waals surface area contributed by atoms with Crippen LogP contribution in [0.1, 0.15) is 58.0 Å². The number of pyridine rings is 1. The molecule has 1 aliphatic heterocycles. The molecule has 4 rings (SSSR count). The van der Waals surface area contributed by atoms with Crippen molar-refractivity contribution in [1.82, 2.24) is 14.9 Å². The van der Waals surface area contributed by atoms with Crippen molar-refractivity contribution in [2.75, 3.05) is 10.2 Å². The summed E-state index contributed by atoms with van der Waals surface area (Å²) in [6.07, 6.45) is 6.06. The highest BCUT2D eigenvalue weighted by atomic mass is 35.5. The number of carbonyl (C=O) groups is 1. The maximum absolute atomic E-state index is 12.2. The molecule has 2 N–H and O–H groups in total. The summed E-state index contributed by atoms with van der Waals surface area (Å²) < 4.78 is 2.20. The van der Waals surface area contributed by atoms with Gasteiger partial charge in [-0.3, -0.25) is 9.78 Å². The highest BCUT2D eigenvalue weighted by Gasteiger charge is 2.41. The Balaban J connectivity index is 1.75. The first-order valence-electron chi connectivity index (χ1n) is 11.4. The van der Waals surface area contributed by atoms with Crippen LogP contribution >= 0.6 is 23.8 Å². The van der Waals surface area contributed by atoms with E-state index in [2.05, 4.69) is 64.3 Å². The number of hydrogen-bond acceptors (Lipinski definition) is 3. The van der Waals surface area contributed by atoms with Crippen molar-refractivity contribution >= 4 is 46.2 Å². The second kappa shape index (κ2) is 9.39. The molecular formula is C26H30ClN5OS. The normalized spacial score (nSPS) is 18.3. The number of amides is 1. The van der Waals surface area contributed by atoms with Gasteiger partial charge in [0.2, 0.25) is 5.91 Å². The summed E-state index contributed by atoms with van der Waals surface area (Å²) in [5, 5.41) is 7.41. The van der Waals surface area contributed by atoms with Crippen molar-refractivity contribution < 1.29 is 4.79 Å². The van der Waals surface area contributed by atoms with Gasteiger partial charge < -0.3 is 20.1 Å². The number of nitrogens with one attached hydrogen (secondary N) is 2. The number of hydrogen-bond donors (Lipinski definition) is 2. The van der Waals surface area contributed by atoms with Gasteiger partial charge >= 0.3 is 0 Å². The molecule has 0 saturated carbocycles. The molecule has 0 aliphatic carbocycles. The molecule has 2 atom stereocenters. The van der Waals surface area contributed by atoms with Crippen molar-refractivity contribution in [3.63, 3.8) is 0 Å². The molecule has 1 fully saturated rings. The Kier molecular flexibility index (Phi) is 6.69. The molecule has 1 saturated heterocycles. The predicted molar refractivity (Wildman–Crippen MR) is 142 cm³/mol. The first-order chi connectivity index (χ1) is 16.1. The summed E-state index contributed by atoms with van der Waals surface area (Å²) in [7, 11) is 0. The molecule has 8 heteroatoms. The second-order valence-corrected chi connectivity index (χ2v) is 10.6. The molecule has 1 aliphatic rings. The number of nitrogens with zero attached hydrogens (tertiary/aromatic N) is 3. The van der Waals surface area contributed by atoms with Crippen molar-refractivity contribution in [3.05, 3.63) is 77.3 Å². The van der Waals surface area contributed by atoms with E-state index in [1.54, 1.807) is 6.20 Å². The first-order valence-corrected chi connectivity index (χ1v) is 12.1. The van der Waals surface area contributed by atoms with Crippen molar-refractivity contribution in [3.8, 4) is 0 Å². The zero-order chi connectivity index (χ0) is 24.6. The molecule has 34 heavy (non-hydrogen) atoms. The summed E-state index contributed by atoms with van der Waals surface area (Å²) >= 11 is 12.4. The standard InChI is InChI=1S/C26H30ClN5OS/c1-16(2)24(33)29-20-10-9-18(14-19(20)27)32-23(17-11-13-31(15-17)26(3,4)5)22(30-25(32)34)21-8-6-7-12-28-21/h6-16,22-23H,1-5H3,(H,29,33)(H,30,34)/t22-,23+/m1/s1. The highest BCUT2D eigenvalue weighted by molar-refractivity contribution is 7.80. The third-order valence-corrected chi connectivity index (χ3v) is 6.57. The molecule has 2 aromatic heterocycles. The first kappa shape index (κ1) is 24.2. The van der Waals surface area contributed by atoms with E-state index in [0.29, 0.717) is 15.8 Å². The monoisotopic (exact) mass is 495 g/mol. The fraction of sp³-hybridized carbons (Fsp3) is 0.346. The Labute approximate surface area is 211 Å². The third-order valence-electron chi connectivity index (χ3n) is 5.94. The van der Waals surface area contributed by atoms with Crippen molar-refractivity contribution in [1.29, 1.82) is 0 Å². The molecule has 0 unspecified atom stereocenters. The molecule has 1 amide bonds. The smallest absolute Gasteiger partial charge is 0.226 e. The van der Waals surface area contributed by atoms with E-state index >= 15 is 0 Å². The van der Waals surface area contributed by atoms with E-state index in [0.717, 1.165) is 16.9 Å². The number of rotatable bonds is 5. The van der Waals surface area contributed by atoms with Gasteiger partial charge in [0, 0.05) is 35.7 Å². The molecular weight excluding hydrogens is 466 g/mol. The van der Waals surface area contributed by atoms with Crippen LogP contribution in [0.2, 0.25) is 5.02 Å². The van der Waals surface area contributed by atoms with Gasteiger partial charge in [-0.25, -0.2) is 0 Å². The minimum absolute atomic E-state index is 0.0459. The van der Waals surface area contributed by atoms with Gasteiger partial charge in [-0.1, -0.05) is 31.5 Å². The number of halogens is 1. The molecule has 0 spiro atoms. The average molecular weight is 496 g/mol. The van der Waals surface area contributed by atoms with E-state index in [4.69, 9.17) is 23.8 Å².